The second-order valence-electron chi connectivity index (χ2n) is 8.09. The van der Waals surface area contributed by atoms with Gasteiger partial charge in [0.15, 0.2) is 0 Å². The quantitative estimate of drug-likeness (QED) is 0.631. The summed E-state index contributed by atoms with van der Waals surface area (Å²) in [6.07, 6.45) is 1.64. The predicted molar refractivity (Wildman–Crippen MR) is 123 cm³/mol. The van der Waals surface area contributed by atoms with Crippen molar-refractivity contribution in [1.29, 1.82) is 10.5 Å². The summed E-state index contributed by atoms with van der Waals surface area (Å²) in [6, 6.07) is 23.3. The molecule has 2 aliphatic heterocycles. The summed E-state index contributed by atoms with van der Waals surface area (Å²) in [7, 11) is 0. The molecule has 33 heavy (non-hydrogen) atoms. The Morgan fingerprint density at radius 2 is 1.82 bits per heavy atom. The van der Waals surface area contributed by atoms with Gasteiger partial charge in [-0.3, -0.25) is 15.1 Å². The van der Waals surface area contributed by atoms with Crippen molar-refractivity contribution in [2.45, 2.75) is 30.6 Å². The van der Waals surface area contributed by atoms with Crippen LogP contribution in [-0.4, -0.2) is 35.4 Å². The number of carbonyl (C=O) groups excluding carboxylic acids is 1. The molecule has 7 heteroatoms. The number of nitrogens with one attached hydrogen (secondary N) is 1. The lowest BCUT2D eigenvalue weighted by Gasteiger charge is -2.51. The fraction of sp³-hybridized carbons (Fsp3) is 0.231. The summed E-state index contributed by atoms with van der Waals surface area (Å²) in [5.41, 5.74) is 0.687. The molecule has 162 valence electrons. The number of piperazine rings is 1. The Kier molecular flexibility index (Phi) is 5.05. The van der Waals surface area contributed by atoms with E-state index in [1.807, 2.05) is 66.7 Å². The minimum absolute atomic E-state index is 0.219. The maximum absolute atomic E-state index is 13.1. The lowest BCUT2D eigenvalue weighted by molar-refractivity contribution is -0.151. The summed E-state index contributed by atoms with van der Waals surface area (Å²) >= 11 is 0. The highest BCUT2D eigenvalue weighted by molar-refractivity contribution is 5.86. The van der Waals surface area contributed by atoms with Crippen LogP contribution in [0.4, 0.5) is 0 Å². The van der Waals surface area contributed by atoms with E-state index in [4.69, 9.17) is 4.74 Å². The highest BCUT2D eigenvalue weighted by Gasteiger charge is 2.58. The van der Waals surface area contributed by atoms with Gasteiger partial charge >= 0.3 is 5.97 Å². The largest absolute Gasteiger partial charge is 0.465 e. The Bertz CT molecular complexity index is 1340. The third kappa shape index (κ3) is 3.14. The van der Waals surface area contributed by atoms with Gasteiger partial charge in [0.25, 0.3) is 0 Å². The van der Waals surface area contributed by atoms with Crippen LogP contribution in [0.25, 0.3) is 10.8 Å². The highest BCUT2D eigenvalue weighted by Crippen LogP contribution is 2.46. The molecule has 0 saturated carbocycles. The summed E-state index contributed by atoms with van der Waals surface area (Å²) in [6.45, 7) is 1.97. The number of hydrazone groups is 1. The summed E-state index contributed by atoms with van der Waals surface area (Å²) < 4.78 is 5.39. The van der Waals surface area contributed by atoms with Gasteiger partial charge in [-0.15, -0.1) is 0 Å². The molecule has 0 unspecified atom stereocenters. The Morgan fingerprint density at radius 3 is 2.58 bits per heavy atom. The zero-order chi connectivity index (χ0) is 23.0. The average molecular weight is 435 g/mol. The topological polar surface area (TPSA) is 102 Å². The lowest BCUT2D eigenvalue weighted by atomic mass is 9.78. The molecule has 0 bridgehead atoms. The molecule has 1 saturated heterocycles. The van der Waals surface area contributed by atoms with E-state index in [9.17, 15) is 15.3 Å². The van der Waals surface area contributed by atoms with E-state index in [2.05, 4.69) is 22.6 Å². The van der Waals surface area contributed by atoms with Gasteiger partial charge in [0, 0.05) is 0 Å². The second kappa shape index (κ2) is 8.05. The second-order valence-corrected chi connectivity index (χ2v) is 8.09. The number of hydrogen-bond donors (Lipinski definition) is 1. The first-order valence-electron chi connectivity index (χ1n) is 10.8. The molecule has 2 heterocycles. The molecule has 0 aliphatic carbocycles. The molecule has 0 amide bonds. The summed E-state index contributed by atoms with van der Waals surface area (Å²) in [5.74, 6) is -0.449. The molecule has 1 fully saturated rings. The van der Waals surface area contributed by atoms with Crippen LogP contribution < -0.4 is 5.32 Å². The molecular formula is C26H21N5O2. The van der Waals surface area contributed by atoms with E-state index < -0.39 is 29.6 Å². The molecule has 0 radical (unpaired) electrons. The summed E-state index contributed by atoms with van der Waals surface area (Å²) in [4.78, 5) is 13.1. The monoisotopic (exact) mass is 435 g/mol. The Hall–Kier alpha value is -4.20. The Morgan fingerprint density at radius 1 is 1.09 bits per heavy atom. The van der Waals surface area contributed by atoms with Crippen LogP contribution in [0.2, 0.25) is 0 Å². The first kappa shape index (κ1) is 20.7. The van der Waals surface area contributed by atoms with E-state index in [0.29, 0.717) is 0 Å². The third-order valence-corrected chi connectivity index (χ3v) is 6.33. The van der Waals surface area contributed by atoms with Gasteiger partial charge in [-0.05, 0) is 40.5 Å². The molecule has 0 spiro atoms. The number of ether oxygens (including phenoxy) is 1. The first-order valence-corrected chi connectivity index (χ1v) is 10.8. The van der Waals surface area contributed by atoms with Crippen molar-refractivity contribution in [2.24, 2.45) is 5.10 Å². The Labute approximate surface area is 191 Å². The molecule has 3 aromatic carbocycles. The fourth-order valence-electron chi connectivity index (χ4n) is 4.79. The summed E-state index contributed by atoms with van der Waals surface area (Å²) in [5, 5.41) is 32.1. The normalized spacial score (nSPS) is 22.5. The number of benzene rings is 3. The molecule has 0 aromatic heterocycles. The van der Waals surface area contributed by atoms with Crippen LogP contribution in [0, 0.1) is 22.7 Å². The number of nitriles is 2. The van der Waals surface area contributed by atoms with Crippen molar-refractivity contribution >= 4 is 23.0 Å². The van der Waals surface area contributed by atoms with E-state index in [-0.39, 0.29) is 6.61 Å². The van der Waals surface area contributed by atoms with Crippen molar-refractivity contribution in [3.8, 4) is 12.1 Å². The third-order valence-electron chi connectivity index (χ3n) is 6.33. The molecule has 5 rings (SSSR count). The van der Waals surface area contributed by atoms with Gasteiger partial charge in [-0.1, -0.05) is 60.7 Å². The highest BCUT2D eigenvalue weighted by atomic mass is 16.5. The standard InChI is InChI=1S/C26H21N5O2/c1-2-33-25(32)22-23-21-10-6-5-9-20(21)14-29-31(23)26(15-27,16-28)24(30-22)19-12-11-17-7-3-4-8-18(17)13-19/h3-14,22-24,30H,2H2,1H3/t22-,23+,24-/m0/s1. The maximum Gasteiger partial charge on any atom is 0.325 e. The molecule has 3 atom stereocenters. The molecule has 7 nitrogen and oxygen atoms in total. The molecule has 1 N–H and O–H groups in total. The van der Waals surface area contributed by atoms with Crippen LogP contribution in [-0.2, 0) is 9.53 Å². The zero-order valence-corrected chi connectivity index (χ0v) is 18.0. The van der Waals surface area contributed by atoms with Crippen molar-refractivity contribution < 1.29 is 9.53 Å². The van der Waals surface area contributed by atoms with Crippen molar-refractivity contribution in [2.75, 3.05) is 6.61 Å². The van der Waals surface area contributed by atoms with Crippen molar-refractivity contribution in [3.63, 3.8) is 0 Å². The number of hydrogen-bond acceptors (Lipinski definition) is 7. The van der Waals surface area contributed by atoms with Gasteiger partial charge in [0.05, 0.1) is 18.9 Å². The van der Waals surface area contributed by atoms with Gasteiger partial charge < -0.3 is 4.74 Å². The zero-order valence-electron chi connectivity index (χ0n) is 18.0. The number of esters is 1. The average Bonchev–Trinajstić information content (AvgIpc) is 2.87. The molecular weight excluding hydrogens is 414 g/mol. The lowest BCUT2D eigenvalue weighted by Crippen LogP contribution is -2.67. The maximum atomic E-state index is 13.1. The number of nitrogens with zero attached hydrogens (tertiary/aromatic N) is 4. The smallest absolute Gasteiger partial charge is 0.325 e. The SMILES string of the molecule is CCOC(=O)[C@H]1N[C@@H](c2ccc3ccccc3c2)C(C#N)(C#N)N2N=Cc3ccccc3[C@H]12. The van der Waals surface area contributed by atoms with Crippen LogP contribution >= 0.6 is 0 Å². The minimum Gasteiger partial charge on any atom is -0.465 e. The predicted octanol–water partition coefficient (Wildman–Crippen LogP) is 3.59. The molecule has 2 aliphatic rings. The van der Waals surface area contributed by atoms with Crippen LogP contribution in [0.15, 0.2) is 71.8 Å². The van der Waals surface area contributed by atoms with Gasteiger partial charge in [0.1, 0.15) is 24.2 Å². The van der Waals surface area contributed by atoms with Crippen LogP contribution in [0.3, 0.4) is 0 Å². The van der Waals surface area contributed by atoms with Crippen molar-refractivity contribution in [3.05, 3.63) is 83.4 Å². The van der Waals surface area contributed by atoms with Crippen LogP contribution in [0.1, 0.15) is 35.7 Å². The van der Waals surface area contributed by atoms with E-state index >= 15 is 0 Å². The van der Waals surface area contributed by atoms with E-state index in [1.165, 1.54) is 5.01 Å². The van der Waals surface area contributed by atoms with Gasteiger partial charge in [0.2, 0.25) is 5.54 Å². The van der Waals surface area contributed by atoms with Crippen molar-refractivity contribution in [1.82, 2.24) is 10.3 Å². The molecule has 3 aromatic rings. The number of rotatable bonds is 3. The van der Waals surface area contributed by atoms with Gasteiger partial charge in [-0.25, -0.2) is 0 Å². The van der Waals surface area contributed by atoms with E-state index in [1.54, 1.807) is 13.1 Å². The van der Waals surface area contributed by atoms with Gasteiger partial charge in [-0.2, -0.15) is 15.6 Å². The minimum atomic E-state index is -1.68. The van der Waals surface area contributed by atoms with E-state index in [0.717, 1.165) is 27.5 Å². The van der Waals surface area contributed by atoms with Crippen LogP contribution in [0.5, 0.6) is 0 Å². The fourth-order valence-corrected chi connectivity index (χ4v) is 4.79. The number of carbonyl (C=O) groups is 1. The Balaban J connectivity index is 1.70. The first-order chi connectivity index (χ1) is 16.1. The number of fused-ring (bicyclic) bond motifs is 4.